The number of anilines is 1. The van der Waals surface area contributed by atoms with E-state index in [2.05, 4.69) is 32.7 Å². The molecule has 1 aliphatic rings. The summed E-state index contributed by atoms with van der Waals surface area (Å²) in [5, 5.41) is 9.49. The van der Waals surface area contributed by atoms with Crippen LogP contribution < -0.4 is 16.2 Å². The maximum absolute atomic E-state index is 12.4. The predicted octanol–water partition coefficient (Wildman–Crippen LogP) is 1.97. The zero-order valence-electron chi connectivity index (χ0n) is 16.6. The number of rotatable bonds is 5. The molecule has 3 aromatic rings. The summed E-state index contributed by atoms with van der Waals surface area (Å²) in [6.45, 7) is 2.05. The molecule has 0 unspecified atom stereocenters. The average Bonchev–Trinajstić information content (AvgIpc) is 3.08. The van der Waals surface area contributed by atoms with Crippen molar-refractivity contribution >= 4 is 11.4 Å². The highest BCUT2D eigenvalue weighted by atomic mass is 16.1. The van der Waals surface area contributed by atoms with E-state index >= 15 is 0 Å². The number of nitrogens with one attached hydrogen (secondary N) is 2. The van der Waals surface area contributed by atoms with Crippen molar-refractivity contribution in [2.24, 2.45) is 0 Å². The van der Waals surface area contributed by atoms with Gasteiger partial charge < -0.3 is 10.3 Å². The van der Waals surface area contributed by atoms with Gasteiger partial charge in [0, 0.05) is 44.5 Å². The van der Waals surface area contributed by atoms with Gasteiger partial charge in [0.25, 0.3) is 0 Å². The van der Waals surface area contributed by atoms with Crippen LogP contribution in [0.4, 0.5) is 5.69 Å². The normalized spacial score (nSPS) is 16.0. The molecule has 0 bridgehead atoms. The molecule has 4 rings (SSSR count). The molecular formula is C21H23N7O. The molecule has 0 amide bonds. The van der Waals surface area contributed by atoms with Crippen LogP contribution in [0, 0.1) is 0 Å². The van der Waals surface area contributed by atoms with Crippen LogP contribution in [0.25, 0.3) is 17.1 Å². The largest absolute Gasteiger partial charge is 0.386 e. The Kier molecular flexibility index (Phi) is 5.09. The number of hydrazine groups is 1. The maximum Gasteiger partial charge on any atom is 0.203 e. The molecule has 2 N–H and O–H groups in total. The van der Waals surface area contributed by atoms with E-state index in [0.29, 0.717) is 17.9 Å². The molecule has 2 aromatic heterocycles. The van der Waals surface area contributed by atoms with Crippen LogP contribution in [-0.4, -0.2) is 44.9 Å². The summed E-state index contributed by atoms with van der Waals surface area (Å²) >= 11 is 0. The van der Waals surface area contributed by atoms with Crippen molar-refractivity contribution in [3.8, 4) is 11.4 Å². The molecule has 3 heterocycles. The Morgan fingerprint density at radius 3 is 2.69 bits per heavy atom. The van der Waals surface area contributed by atoms with Crippen molar-refractivity contribution in [2.45, 2.75) is 19.4 Å². The molecule has 0 saturated carbocycles. The van der Waals surface area contributed by atoms with Crippen molar-refractivity contribution in [1.29, 1.82) is 0 Å². The summed E-state index contributed by atoms with van der Waals surface area (Å²) in [5.41, 5.74) is 7.42. The number of benzene rings is 1. The van der Waals surface area contributed by atoms with E-state index in [1.807, 2.05) is 49.6 Å². The summed E-state index contributed by atoms with van der Waals surface area (Å²) in [5.74, 6) is 0.642. The van der Waals surface area contributed by atoms with E-state index in [1.54, 1.807) is 29.3 Å². The fourth-order valence-electron chi connectivity index (χ4n) is 3.31. The molecule has 0 radical (unpaired) electrons. The molecule has 0 saturated heterocycles. The van der Waals surface area contributed by atoms with Crippen LogP contribution in [0.5, 0.6) is 0 Å². The van der Waals surface area contributed by atoms with Gasteiger partial charge in [0.05, 0.1) is 29.8 Å². The molecule has 0 fully saturated rings. The minimum atomic E-state index is -0.0751. The highest BCUT2D eigenvalue weighted by Crippen LogP contribution is 2.19. The van der Waals surface area contributed by atoms with Crippen molar-refractivity contribution in [3.63, 3.8) is 0 Å². The standard InChI is InChI=1S/C21H23N7O/c1-14-19(13-27(3)25-14)28-8-7-20(29)18(26-28)10-15-5-4-6-16(9-15)21-23-11-17(22-2)12-24-21/h4-9,11-14,22,25H,10H2,1-3H3/t14-/m1/s1. The Balaban J connectivity index is 1.62. The quantitative estimate of drug-likeness (QED) is 0.690. The van der Waals surface area contributed by atoms with Crippen molar-refractivity contribution in [2.75, 3.05) is 19.4 Å². The zero-order valence-corrected chi connectivity index (χ0v) is 16.6. The van der Waals surface area contributed by atoms with E-state index in [9.17, 15) is 4.79 Å². The van der Waals surface area contributed by atoms with Gasteiger partial charge in [0.15, 0.2) is 5.82 Å². The van der Waals surface area contributed by atoms with Crippen LogP contribution in [0.15, 0.2) is 59.9 Å². The van der Waals surface area contributed by atoms with Crippen LogP contribution in [0.3, 0.4) is 0 Å². The fraction of sp³-hybridized carbons (Fsp3) is 0.238. The molecular weight excluding hydrogens is 366 g/mol. The minimum Gasteiger partial charge on any atom is -0.386 e. The van der Waals surface area contributed by atoms with Gasteiger partial charge in [-0.05, 0) is 18.6 Å². The lowest BCUT2D eigenvalue weighted by molar-refractivity contribution is 0.339. The van der Waals surface area contributed by atoms with Gasteiger partial charge in [0.2, 0.25) is 5.43 Å². The van der Waals surface area contributed by atoms with Crippen LogP contribution in [-0.2, 0) is 6.42 Å². The third kappa shape index (κ3) is 4.02. The number of nitrogens with zero attached hydrogens (tertiary/aromatic N) is 5. The molecule has 8 heteroatoms. The lowest BCUT2D eigenvalue weighted by Crippen LogP contribution is -2.32. The van der Waals surface area contributed by atoms with Crippen LogP contribution in [0.2, 0.25) is 0 Å². The smallest absolute Gasteiger partial charge is 0.203 e. The second-order valence-electron chi connectivity index (χ2n) is 7.01. The Morgan fingerprint density at radius 2 is 2.00 bits per heavy atom. The molecule has 1 atom stereocenters. The minimum absolute atomic E-state index is 0.0751. The van der Waals surface area contributed by atoms with Gasteiger partial charge in [-0.2, -0.15) is 5.10 Å². The molecule has 1 aromatic carbocycles. The van der Waals surface area contributed by atoms with E-state index in [1.165, 1.54) is 0 Å². The molecule has 1 aliphatic heterocycles. The van der Waals surface area contributed by atoms with Gasteiger partial charge >= 0.3 is 0 Å². The fourth-order valence-corrected chi connectivity index (χ4v) is 3.31. The first-order chi connectivity index (χ1) is 14.0. The van der Waals surface area contributed by atoms with Gasteiger partial charge in [-0.1, -0.05) is 18.2 Å². The molecule has 8 nitrogen and oxygen atoms in total. The monoisotopic (exact) mass is 389 g/mol. The topological polar surface area (TPSA) is 88.0 Å². The third-order valence-electron chi connectivity index (χ3n) is 4.81. The van der Waals surface area contributed by atoms with Gasteiger partial charge in [0.1, 0.15) is 5.69 Å². The Morgan fingerprint density at radius 1 is 1.21 bits per heavy atom. The van der Waals surface area contributed by atoms with Crippen LogP contribution in [0.1, 0.15) is 18.2 Å². The van der Waals surface area contributed by atoms with Crippen molar-refractivity contribution < 1.29 is 0 Å². The van der Waals surface area contributed by atoms with E-state index < -0.39 is 0 Å². The highest BCUT2D eigenvalue weighted by Gasteiger charge is 2.19. The van der Waals surface area contributed by atoms with Crippen molar-refractivity contribution in [1.82, 2.24) is 30.2 Å². The van der Waals surface area contributed by atoms with E-state index in [0.717, 1.165) is 22.5 Å². The van der Waals surface area contributed by atoms with Gasteiger partial charge in [-0.3, -0.25) is 4.79 Å². The predicted molar refractivity (Wildman–Crippen MR) is 113 cm³/mol. The second-order valence-corrected chi connectivity index (χ2v) is 7.01. The Bertz CT molecular complexity index is 1100. The number of aromatic nitrogens is 4. The molecule has 148 valence electrons. The summed E-state index contributed by atoms with van der Waals surface area (Å²) in [4.78, 5) is 21.2. The second kappa shape index (κ2) is 7.84. The summed E-state index contributed by atoms with van der Waals surface area (Å²) in [6, 6.07) is 9.57. The van der Waals surface area contributed by atoms with E-state index in [4.69, 9.17) is 0 Å². The zero-order chi connectivity index (χ0) is 20.4. The third-order valence-corrected chi connectivity index (χ3v) is 4.81. The van der Waals surface area contributed by atoms with Gasteiger partial charge in [-0.15, -0.1) is 0 Å². The number of hydrogen-bond donors (Lipinski definition) is 2. The summed E-state index contributed by atoms with van der Waals surface area (Å²) in [7, 11) is 3.76. The van der Waals surface area contributed by atoms with Gasteiger partial charge in [-0.25, -0.2) is 20.1 Å². The van der Waals surface area contributed by atoms with Crippen molar-refractivity contribution in [3.05, 3.63) is 76.6 Å². The number of hydrogen-bond acceptors (Lipinski definition) is 7. The maximum atomic E-state index is 12.4. The summed E-state index contributed by atoms with van der Waals surface area (Å²) in [6.07, 6.45) is 7.61. The molecule has 29 heavy (non-hydrogen) atoms. The van der Waals surface area contributed by atoms with Crippen LogP contribution >= 0.6 is 0 Å². The first-order valence-electron chi connectivity index (χ1n) is 9.42. The lowest BCUT2D eigenvalue weighted by Gasteiger charge is -2.13. The first kappa shape index (κ1) is 18.8. The highest BCUT2D eigenvalue weighted by molar-refractivity contribution is 5.57. The Hall–Kier alpha value is -3.52. The molecule has 0 aliphatic carbocycles. The summed E-state index contributed by atoms with van der Waals surface area (Å²) < 4.78 is 1.77. The first-order valence-corrected chi connectivity index (χ1v) is 9.42. The Labute approximate surface area is 168 Å². The average molecular weight is 389 g/mol. The SMILES string of the molecule is CNc1cnc(-c2cccc(Cc3nn(C4=CN(C)N[C@@H]4C)ccc3=O)c2)nc1. The van der Waals surface area contributed by atoms with E-state index in [-0.39, 0.29) is 11.5 Å². The molecule has 0 spiro atoms. The lowest BCUT2D eigenvalue weighted by atomic mass is 10.1.